The van der Waals surface area contributed by atoms with Crippen LogP contribution in [0.4, 0.5) is 0 Å². The van der Waals surface area contributed by atoms with Crippen molar-refractivity contribution in [2.75, 3.05) is 6.54 Å². The number of aromatic nitrogens is 1. The highest BCUT2D eigenvalue weighted by Crippen LogP contribution is 2.48. The SMILES string of the molecule is CCC1(CNC(C)c2scnc2C)CC1. The standard InChI is InChI=1S/C12H20N2S/c1-4-12(5-6-12)7-13-9(2)11-10(3)14-8-15-11/h8-9,13H,4-7H2,1-3H3. The first-order chi connectivity index (χ1) is 7.17. The number of thiazole rings is 1. The van der Waals surface area contributed by atoms with Gasteiger partial charge in [0.25, 0.3) is 0 Å². The Morgan fingerprint density at radius 2 is 2.33 bits per heavy atom. The Morgan fingerprint density at radius 1 is 1.60 bits per heavy atom. The first kappa shape index (κ1) is 11.1. The average Bonchev–Trinajstić information content (AvgIpc) is 2.91. The lowest BCUT2D eigenvalue weighted by molar-refractivity contribution is 0.416. The van der Waals surface area contributed by atoms with Crippen LogP contribution in [0.5, 0.6) is 0 Å². The van der Waals surface area contributed by atoms with E-state index in [1.807, 2.05) is 5.51 Å². The van der Waals surface area contributed by atoms with E-state index in [1.165, 1.54) is 36.4 Å². The molecule has 0 spiro atoms. The lowest BCUT2D eigenvalue weighted by atomic mass is 10.0. The molecule has 0 aliphatic heterocycles. The van der Waals surface area contributed by atoms with Gasteiger partial charge >= 0.3 is 0 Å². The predicted octanol–water partition coefficient (Wildman–Crippen LogP) is 3.29. The van der Waals surface area contributed by atoms with Gasteiger partial charge in [0, 0.05) is 17.5 Å². The summed E-state index contributed by atoms with van der Waals surface area (Å²) in [5, 5.41) is 3.65. The molecule has 0 saturated heterocycles. The van der Waals surface area contributed by atoms with Crippen LogP contribution in [0.1, 0.15) is 49.7 Å². The number of nitrogens with one attached hydrogen (secondary N) is 1. The number of aryl methyl sites for hydroxylation is 1. The molecule has 15 heavy (non-hydrogen) atoms. The summed E-state index contributed by atoms with van der Waals surface area (Å²) in [6, 6.07) is 0.460. The molecule has 1 aliphatic rings. The van der Waals surface area contributed by atoms with Crippen LogP contribution in [-0.4, -0.2) is 11.5 Å². The number of hydrogen-bond acceptors (Lipinski definition) is 3. The lowest BCUT2D eigenvalue weighted by Gasteiger charge is -2.18. The summed E-state index contributed by atoms with van der Waals surface area (Å²) >= 11 is 1.76. The molecule has 1 N–H and O–H groups in total. The molecule has 1 aliphatic carbocycles. The van der Waals surface area contributed by atoms with Gasteiger partial charge < -0.3 is 5.32 Å². The summed E-state index contributed by atoms with van der Waals surface area (Å²) < 4.78 is 0. The summed E-state index contributed by atoms with van der Waals surface area (Å²) in [6.45, 7) is 7.81. The van der Waals surface area contributed by atoms with Gasteiger partial charge in [0.1, 0.15) is 0 Å². The van der Waals surface area contributed by atoms with Gasteiger partial charge in [-0.25, -0.2) is 4.98 Å². The fourth-order valence-electron chi connectivity index (χ4n) is 2.02. The van der Waals surface area contributed by atoms with Gasteiger partial charge in [-0.15, -0.1) is 11.3 Å². The van der Waals surface area contributed by atoms with E-state index in [4.69, 9.17) is 0 Å². The van der Waals surface area contributed by atoms with Crippen molar-refractivity contribution in [3.05, 3.63) is 16.1 Å². The summed E-state index contributed by atoms with van der Waals surface area (Å²) in [7, 11) is 0. The molecule has 1 heterocycles. The van der Waals surface area contributed by atoms with Crippen molar-refractivity contribution < 1.29 is 0 Å². The van der Waals surface area contributed by atoms with Crippen molar-refractivity contribution in [3.63, 3.8) is 0 Å². The minimum absolute atomic E-state index is 0.460. The molecule has 1 fully saturated rings. The molecule has 84 valence electrons. The molecule has 0 aromatic carbocycles. The maximum Gasteiger partial charge on any atom is 0.0798 e. The second-order valence-electron chi connectivity index (χ2n) is 4.76. The van der Waals surface area contributed by atoms with Crippen LogP contribution in [0.25, 0.3) is 0 Å². The van der Waals surface area contributed by atoms with Gasteiger partial charge in [0.05, 0.1) is 11.2 Å². The molecule has 2 nitrogen and oxygen atoms in total. The van der Waals surface area contributed by atoms with E-state index in [0.717, 1.165) is 0 Å². The molecule has 1 aromatic heterocycles. The molecule has 1 aromatic rings. The van der Waals surface area contributed by atoms with Gasteiger partial charge in [-0.3, -0.25) is 0 Å². The normalized spacial score (nSPS) is 20.2. The second kappa shape index (κ2) is 4.22. The van der Waals surface area contributed by atoms with E-state index in [9.17, 15) is 0 Å². The highest BCUT2D eigenvalue weighted by Gasteiger charge is 2.40. The van der Waals surface area contributed by atoms with E-state index >= 15 is 0 Å². The van der Waals surface area contributed by atoms with Crippen molar-refractivity contribution in [2.45, 2.75) is 46.1 Å². The molecular weight excluding hydrogens is 204 g/mol. The van der Waals surface area contributed by atoms with E-state index in [1.54, 1.807) is 11.3 Å². The molecule has 3 heteroatoms. The zero-order chi connectivity index (χ0) is 10.9. The zero-order valence-electron chi connectivity index (χ0n) is 9.84. The van der Waals surface area contributed by atoms with Crippen LogP contribution in [0.2, 0.25) is 0 Å². The minimum Gasteiger partial charge on any atom is -0.309 e. The van der Waals surface area contributed by atoms with E-state index in [-0.39, 0.29) is 0 Å². The van der Waals surface area contributed by atoms with Crippen LogP contribution < -0.4 is 5.32 Å². The third kappa shape index (κ3) is 2.40. The van der Waals surface area contributed by atoms with E-state index in [0.29, 0.717) is 11.5 Å². The molecule has 1 saturated carbocycles. The van der Waals surface area contributed by atoms with Crippen molar-refractivity contribution in [2.24, 2.45) is 5.41 Å². The number of rotatable bonds is 5. The van der Waals surface area contributed by atoms with Gasteiger partial charge in [-0.1, -0.05) is 6.92 Å². The highest BCUT2D eigenvalue weighted by molar-refractivity contribution is 7.09. The van der Waals surface area contributed by atoms with Crippen LogP contribution in [0.15, 0.2) is 5.51 Å². The maximum absolute atomic E-state index is 4.30. The maximum atomic E-state index is 4.30. The summed E-state index contributed by atoms with van der Waals surface area (Å²) in [5.74, 6) is 0. The molecule has 1 atom stereocenters. The monoisotopic (exact) mass is 224 g/mol. The fourth-order valence-corrected chi connectivity index (χ4v) is 2.86. The van der Waals surface area contributed by atoms with Gasteiger partial charge in [0.2, 0.25) is 0 Å². The average molecular weight is 224 g/mol. The Labute approximate surface area is 96.1 Å². The third-order valence-electron chi connectivity index (χ3n) is 3.67. The second-order valence-corrected chi connectivity index (χ2v) is 5.64. The molecular formula is C12H20N2S. The lowest BCUT2D eigenvalue weighted by Crippen LogP contribution is -2.26. The Kier molecular flexibility index (Phi) is 3.12. The van der Waals surface area contributed by atoms with E-state index < -0.39 is 0 Å². The third-order valence-corrected chi connectivity index (χ3v) is 4.78. The Morgan fingerprint density at radius 3 is 2.80 bits per heavy atom. The first-order valence-electron chi connectivity index (χ1n) is 5.80. The van der Waals surface area contributed by atoms with Crippen LogP contribution in [-0.2, 0) is 0 Å². The van der Waals surface area contributed by atoms with Gasteiger partial charge in [-0.05, 0) is 38.5 Å². The first-order valence-corrected chi connectivity index (χ1v) is 6.68. The fraction of sp³-hybridized carbons (Fsp3) is 0.750. The van der Waals surface area contributed by atoms with E-state index in [2.05, 4.69) is 31.1 Å². The predicted molar refractivity (Wildman–Crippen MR) is 65.2 cm³/mol. The Balaban J connectivity index is 1.88. The summed E-state index contributed by atoms with van der Waals surface area (Å²) in [4.78, 5) is 5.69. The quantitative estimate of drug-likeness (QED) is 0.830. The van der Waals surface area contributed by atoms with Crippen molar-refractivity contribution in [3.8, 4) is 0 Å². The van der Waals surface area contributed by atoms with Crippen molar-refractivity contribution >= 4 is 11.3 Å². The number of hydrogen-bond donors (Lipinski definition) is 1. The largest absolute Gasteiger partial charge is 0.309 e. The minimum atomic E-state index is 0.460. The van der Waals surface area contributed by atoms with Crippen LogP contribution in [0, 0.1) is 12.3 Å². The molecule has 2 rings (SSSR count). The number of nitrogens with zero attached hydrogens (tertiary/aromatic N) is 1. The van der Waals surface area contributed by atoms with Crippen LogP contribution in [0.3, 0.4) is 0 Å². The summed E-state index contributed by atoms with van der Waals surface area (Å²) in [6.07, 6.45) is 4.13. The summed E-state index contributed by atoms with van der Waals surface area (Å²) in [5.41, 5.74) is 3.75. The smallest absolute Gasteiger partial charge is 0.0798 e. The molecule has 1 unspecified atom stereocenters. The van der Waals surface area contributed by atoms with Gasteiger partial charge in [-0.2, -0.15) is 0 Å². The topological polar surface area (TPSA) is 24.9 Å². The molecule has 0 bridgehead atoms. The van der Waals surface area contributed by atoms with Crippen LogP contribution >= 0.6 is 11.3 Å². The Bertz CT molecular complexity index is 328. The molecule has 0 radical (unpaired) electrons. The molecule has 0 amide bonds. The zero-order valence-corrected chi connectivity index (χ0v) is 10.7. The van der Waals surface area contributed by atoms with Gasteiger partial charge in [0.15, 0.2) is 0 Å². The highest BCUT2D eigenvalue weighted by atomic mass is 32.1. The Hall–Kier alpha value is -0.410. The van der Waals surface area contributed by atoms with Crippen molar-refractivity contribution in [1.82, 2.24) is 10.3 Å². The van der Waals surface area contributed by atoms with Crippen molar-refractivity contribution in [1.29, 1.82) is 0 Å².